The standard InChI is InChI=1S/C28H33NO7/c1-6-35-22-9-8-16(12-23(22)36-7-2)19-15-26(31)29-20-10-17(11-21(30)27(19)20)18-13-24(32-3)28(34-5)25(14-18)33-4/h8-9,12-14,17,19H,6-7,10-11,15H2,1-5H3,(H,29,31). The predicted molar refractivity (Wildman–Crippen MR) is 134 cm³/mol. The number of nitrogens with one attached hydrogen (secondary N) is 1. The molecule has 2 aromatic rings. The molecule has 2 aromatic carbocycles. The largest absolute Gasteiger partial charge is 0.493 e. The molecule has 0 aromatic heterocycles. The zero-order valence-electron chi connectivity index (χ0n) is 21.4. The summed E-state index contributed by atoms with van der Waals surface area (Å²) >= 11 is 0. The van der Waals surface area contributed by atoms with Gasteiger partial charge in [-0.3, -0.25) is 9.59 Å². The molecule has 1 heterocycles. The molecule has 2 aliphatic rings. The predicted octanol–water partition coefficient (Wildman–Crippen LogP) is 4.51. The van der Waals surface area contributed by atoms with Gasteiger partial charge in [-0.25, -0.2) is 0 Å². The molecule has 2 atom stereocenters. The molecular formula is C28H33NO7. The van der Waals surface area contributed by atoms with Gasteiger partial charge in [0, 0.05) is 30.0 Å². The number of hydrogen-bond donors (Lipinski definition) is 1. The van der Waals surface area contributed by atoms with Crippen molar-refractivity contribution in [2.75, 3.05) is 34.5 Å². The number of carbonyl (C=O) groups excluding carboxylic acids is 2. The first-order chi connectivity index (χ1) is 17.4. The molecule has 2 unspecified atom stereocenters. The van der Waals surface area contributed by atoms with Crippen LogP contribution in [-0.2, 0) is 9.59 Å². The lowest BCUT2D eigenvalue weighted by Gasteiger charge is -2.35. The number of carbonyl (C=O) groups is 2. The molecule has 4 rings (SSSR count). The molecular weight excluding hydrogens is 462 g/mol. The average Bonchev–Trinajstić information content (AvgIpc) is 2.88. The molecule has 1 aliphatic carbocycles. The van der Waals surface area contributed by atoms with Gasteiger partial charge in [0.15, 0.2) is 28.8 Å². The molecule has 192 valence electrons. The van der Waals surface area contributed by atoms with Crippen molar-refractivity contribution >= 4 is 11.7 Å². The maximum absolute atomic E-state index is 13.6. The number of benzene rings is 2. The molecule has 0 fully saturated rings. The van der Waals surface area contributed by atoms with Gasteiger partial charge in [-0.2, -0.15) is 0 Å². The summed E-state index contributed by atoms with van der Waals surface area (Å²) in [4.78, 5) is 26.3. The molecule has 0 spiro atoms. The summed E-state index contributed by atoms with van der Waals surface area (Å²) in [5, 5.41) is 2.98. The van der Waals surface area contributed by atoms with Gasteiger partial charge in [0.1, 0.15) is 0 Å². The van der Waals surface area contributed by atoms with E-state index in [9.17, 15) is 9.59 Å². The number of ether oxygens (including phenoxy) is 5. The lowest BCUT2D eigenvalue weighted by molar-refractivity contribution is -0.122. The normalized spacial score (nSPS) is 19.4. The van der Waals surface area contributed by atoms with Crippen LogP contribution in [0.2, 0.25) is 0 Å². The Hall–Kier alpha value is -3.68. The van der Waals surface area contributed by atoms with Crippen LogP contribution in [0, 0.1) is 0 Å². The number of Topliss-reactive ketones (excluding diaryl/α,β-unsaturated/α-hetero) is 1. The van der Waals surface area contributed by atoms with Crippen LogP contribution >= 0.6 is 0 Å². The molecule has 1 amide bonds. The van der Waals surface area contributed by atoms with E-state index in [-0.39, 0.29) is 29.9 Å². The highest BCUT2D eigenvalue weighted by Crippen LogP contribution is 2.47. The van der Waals surface area contributed by atoms with E-state index in [0.29, 0.717) is 66.1 Å². The van der Waals surface area contributed by atoms with Crippen LogP contribution in [0.25, 0.3) is 0 Å². The Kier molecular flexibility index (Phi) is 7.72. The summed E-state index contributed by atoms with van der Waals surface area (Å²) in [6, 6.07) is 9.39. The summed E-state index contributed by atoms with van der Waals surface area (Å²) in [5.74, 6) is 2.26. The Morgan fingerprint density at radius 3 is 2.03 bits per heavy atom. The third-order valence-electron chi connectivity index (χ3n) is 6.66. The maximum atomic E-state index is 13.6. The quantitative estimate of drug-likeness (QED) is 0.547. The summed E-state index contributed by atoms with van der Waals surface area (Å²) in [6.07, 6.45) is 1.05. The Balaban J connectivity index is 1.71. The van der Waals surface area contributed by atoms with Gasteiger partial charge >= 0.3 is 0 Å². The second-order valence-electron chi connectivity index (χ2n) is 8.76. The topological polar surface area (TPSA) is 92.3 Å². The van der Waals surface area contributed by atoms with Crippen LogP contribution in [0.1, 0.15) is 56.1 Å². The van der Waals surface area contributed by atoms with Gasteiger partial charge in [0.05, 0.1) is 34.5 Å². The van der Waals surface area contributed by atoms with Gasteiger partial charge in [0.25, 0.3) is 0 Å². The van der Waals surface area contributed by atoms with E-state index in [2.05, 4.69) is 5.32 Å². The van der Waals surface area contributed by atoms with Crippen LogP contribution in [0.5, 0.6) is 28.7 Å². The molecule has 8 nitrogen and oxygen atoms in total. The number of rotatable bonds is 9. The highest BCUT2D eigenvalue weighted by molar-refractivity contribution is 6.02. The Morgan fingerprint density at radius 2 is 1.42 bits per heavy atom. The molecule has 8 heteroatoms. The molecule has 0 saturated heterocycles. The molecule has 1 aliphatic heterocycles. The maximum Gasteiger partial charge on any atom is 0.225 e. The average molecular weight is 496 g/mol. The highest BCUT2D eigenvalue weighted by Gasteiger charge is 2.39. The van der Waals surface area contributed by atoms with Crippen molar-refractivity contribution in [2.45, 2.75) is 44.9 Å². The van der Waals surface area contributed by atoms with Crippen molar-refractivity contribution < 1.29 is 33.3 Å². The monoisotopic (exact) mass is 495 g/mol. The van der Waals surface area contributed by atoms with Crippen molar-refractivity contribution in [3.05, 3.63) is 52.7 Å². The third-order valence-corrected chi connectivity index (χ3v) is 6.66. The van der Waals surface area contributed by atoms with Crippen LogP contribution in [0.4, 0.5) is 0 Å². The number of amides is 1. The highest BCUT2D eigenvalue weighted by atomic mass is 16.5. The molecule has 0 saturated carbocycles. The van der Waals surface area contributed by atoms with E-state index < -0.39 is 0 Å². The summed E-state index contributed by atoms with van der Waals surface area (Å²) in [5.41, 5.74) is 3.10. The van der Waals surface area contributed by atoms with Crippen LogP contribution in [0.15, 0.2) is 41.6 Å². The van der Waals surface area contributed by atoms with Crippen molar-refractivity contribution in [1.29, 1.82) is 0 Å². The first-order valence-electron chi connectivity index (χ1n) is 12.2. The first-order valence-corrected chi connectivity index (χ1v) is 12.2. The van der Waals surface area contributed by atoms with E-state index in [4.69, 9.17) is 23.7 Å². The molecule has 36 heavy (non-hydrogen) atoms. The smallest absolute Gasteiger partial charge is 0.225 e. The fourth-order valence-corrected chi connectivity index (χ4v) is 5.10. The van der Waals surface area contributed by atoms with E-state index >= 15 is 0 Å². The fourth-order valence-electron chi connectivity index (χ4n) is 5.10. The SMILES string of the molecule is CCOc1ccc(C2CC(=O)NC3=C2C(=O)CC(c2cc(OC)c(OC)c(OC)c2)C3)cc1OCC. The number of allylic oxidation sites excluding steroid dienone is 2. The molecule has 0 bridgehead atoms. The van der Waals surface area contributed by atoms with Crippen molar-refractivity contribution in [2.24, 2.45) is 0 Å². The Morgan fingerprint density at radius 1 is 0.778 bits per heavy atom. The second-order valence-corrected chi connectivity index (χ2v) is 8.76. The van der Waals surface area contributed by atoms with Crippen molar-refractivity contribution in [3.8, 4) is 28.7 Å². The first kappa shape index (κ1) is 25.4. The number of ketones is 1. The van der Waals surface area contributed by atoms with Gasteiger partial charge in [-0.15, -0.1) is 0 Å². The van der Waals surface area contributed by atoms with Crippen LogP contribution in [-0.4, -0.2) is 46.2 Å². The zero-order chi connectivity index (χ0) is 25.8. The van der Waals surface area contributed by atoms with Gasteiger partial charge < -0.3 is 29.0 Å². The second kappa shape index (κ2) is 10.9. The Bertz CT molecular complexity index is 1160. The van der Waals surface area contributed by atoms with Crippen molar-refractivity contribution in [1.82, 2.24) is 5.32 Å². The minimum atomic E-state index is -0.336. The summed E-state index contributed by atoms with van der Waals surface area (Å²) < 4.78 is 27.9. The van der Waals surface area contributed by atoms with E-state index in [1.54, 1.807) is 21.3 Å². The summed E-state index contributed by atoms with van der Waals surface area (Å²) in [7, 11) is 4.68. The molecule has 0 radical (unpaired) electrons. The Labute approximate surface area is 211 Å². The number of methoxy groups -OCH3 is 3. The zero-order valence-corrected chi connectivity index (χ0v) is 21.4. The third kappa shape index (κ3) is 4.85. The van der Waals surface area contributed by atoms with Crippen LogP contribution < -0.4 is 29.0 Å². The lowest BCUT2D eigenvalue weighted by atomic mass is 9.73. The molecule has 1 N–H and O–H groups in total. The summed E-state index contributed by atoms with van der Waals surface area (Å²) in [6.45, 7) is 4.82. The van der Waals surface area contributed by atoms with Gasteiger partial charge in [0.2, 0.25) is 11.7 Å². The van der Waals surface area contributed by atoms with Gasteiger partial charge in [-0.1, -0.05) is 6.07 Å². The van der Waals surface area contributed by atoms with E-state index in [0.717, 1.165) is 11.1 Å². The van der Waals surface area contributed by atoms with Crippen LogP contribution in [0.3, 0.4) is 0 Å². The van der Waals surface area contributed by atoms with Gasteiger partial charge in [-0.05, 0) is 61.6 Å². The number of hydrogen-bond acceptors (Lipinski definition) is 7. The van der Waals surface area contributed by atoms with E-state index in [1.165, 1.54) is 0 Å². The lowest BCUT2D eigenvalue weighted by Crippen LogP contribution is -2.38. The van der Waals surface area contributed by atoms with E-state index in [1.807, 2.05) is 44.2 Å². The minimum Gasteiger partial charge on any atom is -0.493 e. The fraction of sp³-hybridized carbons (Fsp3) is 0.429. The van der Waals surface area contributed by atoms with Crippen molar-refractivity contribution in [3.63, 3.8) is 0 Å². The minimum absolute atomic E-state index is 0.0202.